The van der Waals surface area contributed by atoms with Crippen LogP contribution in [-0.2, 0) is 0 Å². The number of H-pyrrole nitrogens is 1. The maximum absolute atomic E-state index is 12.8. The van der Waals surface area contributed by atoms with Gasteiger partial charge in [-0.15, -0.1) is 0 Å². The highest BCUT2D eigenvalue weighted by Gasteiger charge is 2.14. The largest absolute Gasteiger partial charge is 0.382 e. The first-order chi connectivity index (χ1) is 17.1. The van der Waals surface area contributed by atoms with E-state index in [1.165, 1.54) is 0 Å². The van der Waals surface area contributed by atoms with E-state index >= 15 is 0 Å². The van der Waals surface area contributed by atoms with Gasteiger partial charge < -0.3 is 16.4 Å². The Morgan fingerprint density at radius 3 is 2.43 bits per heavy atom. The number of amides is 3. The number of nitrogen functional groups attached to an aromatic ring is 1. The molecule has 9 heteroatoms. The van der Waals surface area contributed by atoms with Crippen LogP contribution < -0.4 is 21.7 Å². The number of aromatic nitrogens is 3. The van der Waals surface area contributed by atoms with Crippen molar-refractivity contribution in [3.8, 4) is 11.1 Å². The van der Waals surface area contributed by atoms with Gasteiger partial charge in [0.25, 0.3) is 5.91 Å². The Morgan fingerprint density at radius 2 is 1.57 bits per heavy atom. The number of benzene rings is 3. The highest BCUT2D eigenvalue weighted by Crippen LogP contribution is 2.27. The van der Waals surface area contributed by atoms with Crippen molar-refractivity contribution >= 4 is 45.9 Å². The molecule has 5 rings (SSSR count). The molecular weight excluding hydrogens is 442 g/mol. The van der Waals surface area contributed by atoms with Crippen LogP contribution in [0, 0.1) is 0 Å². The smallest absolute Gasteiger partial charge is 0.324 e. The van der Waals surface area contributed by atoms with Gasteiger partial charge >= 0.3 is 6.03 Å². The van der Waals surface area contributed by atoms with Crippen molar-refractivity contribution in [3.05, 3.63) is 96.7 Å². The van der Waals surface area contributed by atoms with Crippen molar-refractivity contribution in [3.63, 3.8) is 0 Å². The molecule has 0 aliphatic rings. The first kappa shape index (κ1) is 21.7. The number of carbonyl (C=O) groups excluding carboxylic acids is 2. The van der Waals surface area contributed by atoms with Gasteiger partial charge in [0, 0.05) is 17.3 Å². The number of rotatable bonds is 5. The third-order valence-electron chi connectivity index (χ3n) is 5.38. The molecule has 0 radical (unpaired) electrons. The molecule has 0 aliphatic heterocycles. The van der Waals surface area contributed by atoms with Gasteiger partial charge in [0.15, 0.2) is 5.82 Å². The summed E-state index contributed by atoms with van der Waals surface area (Å²) in [5.74, 6) is 0.441. The Bertz CT molecular complexity index is 1530. The molecule has 0 atom stereocenters. The van der Waals surface area contributed by atoms with Crippen molar-refractivity contribution in [2.75, 3.05) is 21.7 Å². The number of nitrogens with zero attached hydrogens (tertiary/aromatic N) is 2. The van der Waals surface area contributed by atoms with Crippen LogP contribution in [0.15, 0.2) is 91.1 Å². The normalized spacial score (nSPS) is 10.6. The van der Waals surface area contributed by atoms with Gasteiger partial charge in [-0.1, -0.05) is 36.4 Å². The quantitative estimate of drug-likeness (QED) is 0.247. The average molecular weight is 464 g/mol. The molecule has 0 saturated carbocycles. The summed E-state index contributed by atoms with van der Waals surface area (Å²) in [7, 11) is 0. The fourth-order valence-corrected chi connectivity index (χ4v) is 3.67. The van der Waals surface area contributed by atoms with E-state index in [-0.39, 0.29) is 5.91 Å². The molecule has 3 amide bonds. The molecule has 0 unspecified atom stereocenters. The maximum atomic E-state index is 12.8. The number of nitrogens with one attached hydrogen (secondary N) is 4. The molecule has 2 aromatic heterocycles. The van der Waals surface area contributed by atoms with Gasteiger partial charge in [-0.25, -0.2) is 9.78 Å². The van der Waals surface area contributed by atoms with Gasteiger partial charge in [0.05, 0.1) is 16.8 Å². The standard InChI is InChI=1S/C26H21N7O2/c27-24-20-14-16(10-11-22(20)32-33-24)17-12-13-28-23(15-17)31-26(35)30-21-9-5-4-8-19(21)25(34)29-18-6-2-1-3-7-18/h1-15H,(H,29,34)(H3,27,32,33)(H2,28,30,31,35). The number of pyridine rings is 1. The van der Waals surface area contributed by atoms with Crippen LogP contribution in [0.3, 0.4) is 0 Å². The number of carbonyl (C=O) groups is 2. The van der Waals surface area contributed by atoms with Gasteiger partial charge in [-0.3, -0.25) is 15.2 Å². The fourth-order valence-electron chi connectivity index (χ4n) is 3.67. The predicted molar refractivity (Wildman–Crippen MR) is 137 cm³/mol. The third kappa shape index (κ3) is 4.79. The summed E-state index contributed by atoms with van der Waals surface area (Å²) in [4.78, 5) is 29.7. The van der Waals surface area contributed by atoms with Crippen LogP contribution >= 0.6 is 0 Å². The lowest BCUT2D eigenvalue weighted by molar-refractivity contribution is 0.102. The van der Waals surface area contributed by atoms with Gasteiger partial charge in [-0.2, -0.15) is 5.10 Å². The molecule has 0 saturated heterocycles. The van der Waals surface area contributed by atoms with Crippen molar-refractivity contribution in [2.45, 2.75) is 0 Å². The zero-order valence-electron chi connectivity index (χ0n) is 18.4. The van der Waals surface area contributed by atoms with Gasteiger partial charge in [-0.05, 0) is 59.7 Å². The highest BCUT2D eigenvalue weighted by molar-refractivity contribution is 6.11. The van der Waals surface area contributed by atoms with Crippen LogP contribution in [0.1, 0.15) is 10.4 Å². The monoisotopic (exact) mass is 463 g/mol. The van der Waals surface area contributed by atoms with Crippen molar-refractivity contribution in [2.24, 2.45) is 0 Å². The van der Waals surface area contributed by atoms with E-state index < -0.39 is 6.03 Å². The Labute approximate surface area is 200 Å². The van der Waals surface area contributed by atoms with E-state index in [4.69, 9.17) is 5.73 Å². The summed E-state index contributed by atoms with van der Waals surface area (Å²) in [6, 6.07) is 24.7. The number of hydrogen-bond acceptors (Lipinski definition) is 5. The Balaban J connectivity index is 1.31. The van der Waals surface area contributed by atoms with Crippen LogP contribution in [0.2, 0.25) is 0 Å². The number of nitrogens with two attached hydrogens (primary N) is 1. The molecular formula is C26H21N7O2. The van der Waals surface area contributed by atoms with Crippen LogP contribution in [-0.4, -0.2) is 27.1 Å². The summed E-state index contributed by atoms with van der Waals surface area (Å²) in [5.41, 5.74) is 9.87. The van der Waals surface area contributed by atoms with Crippen molar-refractivity contribution < 1.29 is 9.59 Å². The van der Waals surface area contributed by atoms with Gasteiger partial charge in [0.2, 0.25) is 0 Å². The summed E-state index contributed by atoms with van der Waals surface area (Å²) >= 11 is 0. The molecule has 0 bridgehead atoms. The molecule has 6 N–H and O–H groups in total. The predicted octanol–water partition coefficient (Wildman–Crippen LogP) is 5.10. The summed E-state index contributed by atoms with van der Waals surface area (Å²) < 4.78 is 0. The Morgan fingerprint density at radius 1 is 0.800 bits per heavy atom. The number of para-hydroxylation sites is 2. The first-order valence-electron chi connectivity index (χ1n) is 10.8. The van der Waals surface area contributed by atoms with Gasteiger partial charge in [0.1, 0.15) is 5.82 Å². The molecule has 0 fully saturated rings. The molecule has 9 nitrogen and oxygen atoms in total. The molecule has 2 heterocycles. The third-order valence-corrected chi connectivity index (χ3v) is 5.38. The topological polar surface area (TPSA) is 138 Å². The second-order valence-corrected chi connectivity index (χ2v) is 7.74. The number of anilines is 4. The maximum Gasteiger partial charge on any atom is 0.324 e. The molecule has 172 valence electrons. The summed E-state index contributed by atoms with van der Waals surface area (Å²) in [5, 5.41) is 16.0. The van der Waals surface area contributed by atoms with Crippen molar-refractivity contribution in [1.29, 1.82) is 0 Å². The van der Waals surface area contributed by atoms with E-state index in [1.807, 2.05) is 42.5 Å². The molecule has 0 aliphatic carbocycles. The fraction of sp³-hybridized carbons (Fsp3) is 0. The highest BCUT2D eigenvalue weighted by atomic mass is 16.2. The molecule has 0 spiro atoms. The number of aromatic amines is 1. The minimum Gasteiger partial charge on any atom is -0.382 e. The van der Waals surface area contributed by atoms with E-state index in [0.29, 0.717) is 28.6 Å². The first-order valence-corrected chi connectivity index (χ1v) is 10.8. The summed E-state index contributed by atoms with van der Waals surface area (Å²) in [6.45, 7) is 0. The van der Waals surface area contributed by atoms with Crippen LogP contribution in [0.5, 0.6) is 0 Å². The second-order valence-electron chi connectivity index (χ2n) is 7.74. The van der Waals surface area contributed by atoms with E-state index in [9.17, 15) is 9.59 Å². The zero-order chi connectivity index (χ0) is 24.2. The average Bonchev–Trinajstić information content (AvgIpc) is 3.25. The molecule has 5 aromatic rings. The number of hydrogen-bond donors (Lipinski definition) is 5. The lowest BCUT2D eigenvalue weighted by atomic mass is 10.0. The lowest BCUT2D eigenvalue weighted by Crippen LogP contribution is -2.22. The second kappa shape index (κ2) is 9.36. The van der Waals surface area contributed by atoms with E-state index in [1.54, 1.807) is 48.7 Å². The minimum absolute atomic E-state index is 0.332. The Hall–Kier alpha value is -5.18. The minimum atomic E-state index is -0.524. The van der Waals surface area contributed by atoms with E-state index in [2.05, 4.69) is 31.1 Å². The number of fused-ring (bicyclic) bond motifs is 1. The number of urea groups is 1. The molecule has 35 heavy (non-hydrogen) atoms. The van der Waals surface area contributed by atoms with Crippen LogP contribution in [0.25, 0.3) is 22.0 Å². The van der Waals surface area contributed by atoms with Crippen LogP contribution in [0.4, 0.5) is 27.8 Å². The SMILES string of the molecule is Nc1n[nH]c2ccc(-c3ccnc(NC(=O)Nc4ccccc4C(=O)Nc4ccccc4)c3)cc12. The molecule has 3 aromatic carbocycles. The Kier molecular flexibility index (Phi) is 5.79. The van der Waals surface area contributed by atoms with Crippen molar-refractivity contribution in [1.82, 2.24) is 15.2 Å². The lowest BCUT2D eigenvalue weighted by Gasteiger charge is -2.12. The summed E-state index contributed by atoms with van der Waals surface area (Å²) in [6.07, 6.45) is 1.61. The van der Waals surface area contributed by atoms with E-state index in [0.717, 1.165) is 22.0 Å². The zero-order valence-corrected chi connectivity index (χ0v) is 18.4.